The van der Waals surface area contributed by atoms with Gasteiger partial charge in [0, 0.05) is 5.38 Å². The molecule has 0 fully saturated rings. The predicted molar refractivity (Wildman–Crippen MR) is 87.8 cm³/mol. The van der Waals surface area contributed by atoms with E-state index in [4.69, 9.17) is 0 Å². The number of amides is 1. The lowest BCUT2D eigenvalue weighted by atomic mass is 10.2. The molecule has 0 spiro atoms. The molecule has 0 bridgehead atoms. The highest BCUT2D eigenvalue weighted by atomic mass is 32.1. The van der Waals surface area contributed by atoms with Crippen molar-refractivity contribution in [2.45, 2.75) is 20.8 Å². The van der Waals surface area contributed by atoms with Crippen LogP contribution >= 0.6 is 11.3 Å². The van der Waals surface area contributed by atoms with Crippen LogP contribution < -0.4 is 5.32 Å². The zero-order valence-electron chi connectivity index (χ0n) is 12.6. The fraction of sp³-hybridized carbons (Fsp3) is 0.188. The summed E-state index contributed by atoms with van der Waals surface area (Å²) in [6.07, 6.45) is 0. The molecule has 0 aliphatic rings. The first-order valence-corrected chi connectivity index (χ1v) is 7.79. The van der Waals surface area contributed by atoms with Crippen molar-refractivity contribution in [1.29, 1.82) is 0 Å². The largest absolute Gasteiger partial charge is 0.298 e. The van der Waals surface area contributed by atoms with E-state index in [2.05, 4.69) is 15.4 Å². The smallest absolute Gasteiger partial charge is 0.261 e. The first-order valence-electron chi connectivity index (χ1n) is 6.91. The molecule has 0 atom stereocenters. The van der Waals surface area contributed by atoms with E-state index in [1.807, 2.05) is 56.5 Å². The third-order valence-corrected chi connectivity index (χ3v) is 4.23. The lowest BCUT2D eigenvalue weighted by Crippen LogP contribution is -2.14. The number of anilines is 1. The van der Waals surface area contributed by atoms with Gasteiger partial charge in [0.15, 0.2) is 5.13 Å². The first kappa shape index (κ1) is 14.5. The van der Waals surface area contributed by atoms with Crippen molar-refractivity contribution in [3.8, 4) is 5.69 Å². The molecule has 22 heavy (non-hydrogen) atoms. The summed E-state index contributed by atoms with van der Waals surface area (Å²) in [6.45, 7) is 5.64. The molecule has 5 nitrogen and oxygen atoms in total. The number of carbonyl (C=O) groups is 1. The van der Waals surface area contributed by atoms with Crippen LogP contribution in [0, 0.1) is 20.8 Å². The van der Waals surface area contributed by atoms with Gasteiger partial charge in [-0.1, -0.05) is 18.2 Å². The third kappa shape index (κ3) is 2.65. The zero-order chi connectivity index (χ0) is 15.7. The van der Waals surface area contributed by atoms with Crippen LogP contribution in [0.2, 0.25) is 0 Å². The van der Waals surface area contributed by atoms with E-state index in [0.29, 0.717) is 16.4 Å². The highest BCUT2D eigenvalue weighted by Crippen LogP contribution is 2.21. The van der Waals surface area contributed by atoms with Crippen LogP contribution in [0.3, 0.4) is 0 Å². The molecule has 1 N–H and O–H groups in total. The summed E-state index contributed by atoms with van der Waals surface area (Å²) in [7, 11) is 0. The highest BCUT2D eigenvalue weighted by Gasteiger charge is 2.20. The van der Waals surface area contributed by atoms with Crippen molar-refractivity contribution >= 4 is 22.4 Å². The minimum absolute atomic E-state index is 0.175. The molecule has 3 rings (SSSR count). The number of hydrogen-bond donors (Lipinski definition) is 1. The number of carbonyl (C=O) groups excluding carboxylic acids is 1. The molecule has 2 aromatic heterocycles. The van der Waals surface area contributed by atoms with E-state index in [1.54, 1.807) is 4.68 Å². The number of benzene rings is 1. The Morgan fingerprint density at radius 2 is 1.91 bits per heavy atom. The zero-order valence-corrected chi connectivity index (χ0v) is 13.4. The molecule has 0 saturated heterocycles. The van der Waals surface area contributed by atoms with Gasteiger partial charge in [0.05, 0.1) is 28.3 Å². The molecule has 6 heteroatoms. The highest BCUT2D eigenvalue weighted by molar-refractivity contribution is 7.13. The number of aromatic nitrogens is 3. The molecule has 1 aromatic carbocycles. The van der Waals surface area contributed by atoms with Crippen LogP contribution in [-0.4, -0.2) is 20.7 Å². The summed E-state index contributed by atoms with van der Waals surface area (Å²) in [5.74, 6) is -0.175. The number of aryl methyl sites for hydroxylation is 2. The Balaban J connectivity index is 1.94. The second-order valence-electron chi connectivity index (χ2n) is 5.04. The van der Waals surface area contributed by atoms with Crippen molar-refractivity contribution in [1.82, 2.24) is 14.8 Å². The van der Waals surface area contributed by atoms with Crippen molar-refractivity contribution in [3.63, 3.8) is 0 Å². The van der Waals surface area contributed by atoms with Crippen LogP contribution in [0.1, 0.15) is 27.4 Å². The molecule has 0 aliphatic heterocycles. The molecule has 112 valence electrons. The lowest BCUT2D eigenvalue weighted by molar-refractivity contribution is 0.102. The van der Waals surface area contributed by atoms with Gasteiger partial charge < -0.3 is 0 Å². The Labute approximate surface area is 132 Å². The summed E-state index contributed by atoms with van der Waals surface area (Å²) < 4.78 is 1.79. The lowest BCUT2D eigenvalue weighted by Gasteiger charge is -2.05. The predicted octanol–water partition coefficient (Wildman–Crippen LogP) is 3.51. The average molecular weight is 312 g/mol. The fourth-order valence-corrected chi connectivity index (χ4v) is 3.05. The Morgan fingerprint density at radius 3 is 2.55 bits per heavy atom. The van der Waals surface area contributed by atoms with Gasteiger partial charge in [-0.25, -0.2) is 9.67 Å². The normalized spacial score (nSPS) is 10.7. The van der Waals surface area contributed by atoms with Crippen molar-refractivity contribution in [3.05, 3.63) is 58.4 Å². The first-order chi connectivity index (χ1) is 10.6. The number of rotatable bonds is 3. The minimum Gasteiger partial charge on any atom is -0.298 e. The molecule has 1 amide bonds. The summed E-state index contributed by atoms with van der Waals surface area (Å²) in [5.41, 5.74) is 3.94. The molecular weight excluding hydrogens is 296 g/mol. The fourth-order valence-electron chi connectivity index (χ4n) is 2.36. The number of nitrogens with one attached hydrogen (secondary N) is 1. The maximum absolute atomic E-state index is 12.5. The standard InChI is InChI=1S/C16H16N4OS/c1-10-9-22-16(17-10)18-15(21)14-11(2)19-20(12(14)3)13-7-5-4-6-8-13/h4-9H,1-3H3,(H,17,18,21). The van der Waals surface area contributed by atoms with E-state index < -0.39 is 0 Å². The van der Waals surface area contributed by atoms with Crippen LogP contribution in [0.4, 0.5) is 5.13 Å². The summed E-state index contributed by atoms with van der Waals surface area (Å²) in [6, 6.07) is 9.78. The second-order valence-corrected chi connectivity index (χ2v) is 5.90. The van der Waals surface area contributed by atoms with E-state index in [1.165, 1.54) is 11.3 Å². The summed E-state index contributed by atoms with van der Waals surface area (Å²) >= 11 is 1.42. The maximum atomic E-state index is 12.5. The average Bonchev–Trinajstić information content (AvgIpc) is 3.03. The summed E-state index contributed by atoms with van der Waals surface area (Å²) in [5, 5.41) is 9.84. The van der Waals surface area contributed by atoms with Crippen LogP contribution in [0.25, 0.3) is 5.69 Å². The molecule has 0 radical (unpaired) electrons. The Hall–Kier alpha value is -2.47. The number of nitrogens with zero attached hydrogens (tertiary/aromatic N) is 3. The van der Waals surface area contributed by atoms with Crippen molar-refractivity contribution in [2.75, 3.05) is 5.32 Å². The molecule has 3 aromatic rings. The van der Waals surface area contributed by atoms with Gasteiger partial charge in [-0.2, -0.15) is 5.10 Å². The topological polar surface area (TPSA) is 59.8 Å². The Kier molecular flexibility index (Phi) is 3.77. The van der Waals surface area contributed by atoms with Gasteiger partial charge in [0.2, 0.25) is 0 Å². The Morgan fingerprint density at radius 1 is 1.18 bits per heavy atom. The number of para-hydroxylation sites is 1. The summed E-state index contributed by atoms with van der Waals surface area (Å²) in [4.78, 5) is 16.8. The van der Waals surface area contributed by atoms with Gasteiger partial charge in [-0.15, -0.1) is 11.3 Å². The van der Waals surface area contributed by atoms with Gasteiger partial charge in [0.25, 0.3) is 5.91 Å². The monoisotopic (exact) mass is 312 g/mol. The van der Waals surface area contributed by atoms with Gasteiger partial charge in [0.1, 0.15) is 0 Å². The number of hydrogen-bond acceptors (Lipinski definition) is 4. The molecular formula is C16H16N4OS. The SMILES string of the molecule is Cc1csc(NC(=O)c2c(C)nn(-c3ccccc3)c2C)n1. The minimum atomic E-state index is -0.175. The Bertz CT molecular complexity index is 820. The van der Waals surface area contributed by atoms with Crippen molar-refractivity contribution < 1.29 is 4.79 Å². The van der Waals surface area contributed by atoms with Gasteiger partial charge in [-0.05, 0) is 32.9 Å². The maximum Gasteiger partial charge on any atom is 0.261 e. The van der Waals surface area contributed by atoms with Crippen molar-refractivity contribution in [2.24, 2.45) is 0 Å². The van der Waals surface area contributed by atoms with Gasteiger partial charge >= 0.3 is 0 Å². The van der Waals surface area contributed by atoms with E-state index in [9.17, 15) is 4.79 Å². The van der Waals surface area contributed by atoms with Crippen LogP contribution in [0.15, 0.2) is 35.7 Å². The molecule has 0 unspecified atom stereocenters. The van der Waals surface area contributed by atoms with E-state index >= 15 is 0 Å². The van der Waals surface area contributed by atoms with Gasteiger partial charge in [-0.3, -0.25) is 10.1 Å². The quantitative estimate of drug-likeness (QED) is 0.805. The van der Waals surface area contributed by atoms with Crippen LogP contribution in [-0.2, 0) is 0 Å². The number of thiazole rings is 1. The second kappa shape index (κ2) is 5.73. The molecule has 2 heterocycles. The molecule has 0 saturated carbocycles. The third-order valence-electron chi connectivity index (χ3n) is 3.36. The van der Waals surface area contributed by atoms with Crippen LogP contribution in [0.5, 0.6) is 0 Å². The van der Waals surface area contributed by atoms with E-state index in [0.717, 1.165) is 17.1 Å². The molecule has 0 aliphatic carbocycles. The van der Waals surface area contributed by atoms with E-state index in [-0.39, 0.29) is 5.91 Å².